The molecule has 360 valence electrons. The van der Waals surface area contributed by atoms with Crippen molar-refractivity contribution >= 4 is 13.7 Å². The summed E-state index contributed by atoms with van der Waals surface area (Å²) >= 11 is 0. The Bertz CT molecular complexity index is 1410. The van der Waals surface area contributed by atoms with E-state index in [1.54, 1.807) is 0 Å². The van der Waals surface area contributed by atoms with Crippen molar-refractivity contribution in [3.05, 3.63) is 109 Å². The predicted molar refractivity (Wildman–Crippen MR) is 268 cm³/mol. The molecule has 0 bridgehead atoms. The van der Waals surface area contributed by atoms with Crippen LogP contribution < -0.4 is 5.32 Å². The number of phosphoric ester groups is 1. The van der Waals surface area contributed by atoms with E-state index in [0.717, 1.165) is 77.0 Å². The van der Waals surface area contributed by atoms with Gasteiger partial charge in [0.05, 0.1) is 39.9 Å². The summed E-state index contributed by atoms with van der Waals surface area (Å²) in [6.07, 6.45) is 58.8. The minimum atomic E-state index is -4.45. The molecule has 1 amide bonds. The van der Waals surface area contributed by atoms with E-state index in [1.807, 2.05) is 21.1 Å². The summed E-state index contributed by atoms with van der Waals surface area (Å²) in [5, 5.41) is 24.6. The van der Waals surface area contributed by atoms with Crippen molar-refractivity contribution in [2.75, 3.05) is 40.9 Å². The molecule has 9 nitrogen and oxygen atoms in total. The second kappa shape index (κ2) is 43.0. The maximum absolute atomic E-state index is 12.9. The van der Waals surface area contributed by atoms with Crippen LogP contribution >= 0.6 is 7.82 Å². The van der Waals surface area contributed by atoms with Crippen molar-refractivity contribution in [3.63, 3.8) is 0 Å². The number of nitrogens with one attached hydrogen (secondary N) is 1. The van der Waals surface area contributed by atoms with Gasteiger partial charge in [-0.3, -0.25) is 13.8 Å². The summed E-state index contributed by atoms with van der Waals surface area (Å²) in [6, 6.07) is -1.08. The van der Waals surface area contributed by atoms with Gasteiger partial charge < -0.3 is 24.9 Å². The van der Waals surface area contributed by atoms with Crippen LogP contribution in [0.5, 0.6) is 0 Å². The number of hydrogen-bond donors (Lipinski definition) is 4. The SMILES string of the molecule is CC/C=C\C/C=C\C/C=C\C/C=C\C/C=C\C/C=C\C/C=C\C/C=C\CCCCC(=O)NC(COP(=O)(O)OCC[N+](C)(C)C)C(O)C(O)CCC/C=C/CCCCCCCCC. The monoisotopic (exact) mass is 900 g/mol. The van der Waals surface area contributed by atoms with Crippen molar-refractivity contribution < 1.29 is 38.0 Å². The summed E-state index contributed by atoms with van der Waals surface area (Å²) in [5.41, 5.74) is 0. The largest absolute Gasteiger partial charge is 0.472 e. The van der Waals surface area contributed by atoms with E-state index in [0.29, 0.717) is 30.3 Å². The molecule has 0 spiro atoms. The Morgan fingerprint density at radius 3 is 1.46 bits per heavy atom. The standard InChI is InChI=1S/C53H91N2O7P/c1-6-8-10-12-14-16-18-20-21-22-23-24-25-26-27-28-29-30-31-32-33-34-36-38-40-42-44-46-52(57)54-50(49-62-63(59,60)61-48-47-55(3,4)5)53(58)51(56)45-43-41-39-37-35-19-17-15-13-11-9-7-2/h8,10,14,16,20-21,23-24,26-27,29-30,32-33,36-39,50-51,53,56,58H,6-7,9,11-13,15,17-19,22,25,28,31,34-35,40-49H2,1-5H3,(H-,54,57,59,60)/p+1/b10-8-,16-14-,21-20-,24-23-,27-26-,30-29-,33-32-,38-36-,39-37+. The summed E-state index contributed by atoms with van der Waals surface area (Å²) in [4.78, 5) is 23.2. The van der Waals surface area contributed by atoms with Crippen LogP contribution in [-0.2, 0) is 18.4 Å². The fourth-order valence-electron chi connectivity index (χ4n) is 6.21. The maximum Gasteiger partial charge on any atom is 0.472 e. The van der Waals surface area contributed by atoms with E-state index in [9.17, 15) is 24.5 Å². The summed E-state index contributed by atoms with van der Waals surface area (Å²) in [6.45, 7) is 4.40. The van der Waals surface area contributed by atoms with Gasteiger partial charge >= 0.3 is 7.82 Å². The van der Waals surface area contributed by atoms with Crippen molar-refractivity contribution in [1.29, 1.82) is 0 Å². The number of allylic oxidation sites excluding steroid dienone is 18. The third-order valence-electron chi connectivity index (χ3n) is 10.1. The lowest BCUT2D eigenvalue weighted by Gasteiger charge is -2.28. The van der Waals surface area contributed by atoms with Gasteiger partial charge in [0.15, 0.2) is 0 Å². The first-order chi connectivity index (χ1) is 30.4. The Balaban J connectivity index is 4.52. The lowest BCUT2D eigenvalue weighted by molar-refractivity contribution is -0.870. The molecular weight excluding hydrogens is 808 g/mol. The van der Waals surface area contributed by atoms with Crippen LogP contribution in [0.15, 0.2) is 109 Å². The molecule has 0 fully saturated rings. The molecule has 4 N–H and O–H groups in total. The van der Waals surface area contributed by atoms with Crippen LogP contribution in [0.1, 0.15) is 162 Å². The van der Waals surface area contributed by atoms with Crippen molar-refractivity contribution in [2.24, 2.45) is 0 Å². The van der Waals surface area contributed by atoms with Gasteiger partial charge in [-0.1, -0.05) is 162 Å². The second-order valence-corrected chi connectivity index (χ2v) is 18.7. The molecule has 10 heteroatoms. The molecule has 0 aliphatic rings. The van der Waals surface area contributed by atoms with Crippen LogP contribution in [0, 0.1) is 0 Å². The highest BCUT2D eigenvalue weighted by molar-refractivity contribution is 7.47. The number of rotatable bonds is 42. The third-order valence-corrected chi connectivity index (χ3v) is 11.1. The fourth-order valence-corrected chi connectivity index (χ4v) is 6.95. The van der Waals surface area contributed by atoms with Gasteiger partial charge in [-0.2, -0.15) is 0 Å². The quantitative estimate of drug-likeness (QED) is 0.0208. The Hall–Kier alpha value is -2.88. The Morgan fingerprint density at radius 1 is 0.571 bits per heavy atom. The molecule has 0 saturated carbocycles. The minimum absolute atomic E-state index is 0.00101. The third kappa shape index (κ3) is 44.1. The Kier molecular flexibility index (Phi) is 41.1. The zero-order valence-corrected chi connectivity index (χ0v) is 41.3. The Morgan fingerprint density at radius 2 is 0.984 bits per heavy atom. The molecule has 0 radical (unpaired) electrons. The van der Waals surface area contributed by atoms with Gasteiger partial charge in [-0.25, -0.2) is 4.57 Å². The average molecular weight is 900 g/mol. The molecule has 4 atom stereocenters. The number of hydrogen-bond acceptors (Lipinski definition) is 6. The summed E-state index contributed by atoms with van der Waals surface area (Å²) < 4.78 is 23.5. The number of nitrogens with zero attached hydrogens (tertiary/aromatic N) is 1. The number of phosphoric acid groups is 1. The molecule has 0 heterocycles. The van der Waals surface area contributed by atoms with E-state index in [1.165, 1.54) is 44.9 Å². The van der Waals surface area contributed by atoms with Gasteiger partial charge in [0.25, 0.3) is 0 Å². The smallest absolute Gasteiger partial charge is 0.390 e. The second-order valence-electron chi connectivity index (χ2n) is 17.2. The molecule has 63 heavy (non-hydrogen) atoms. The zero-order valence-electron chi connectivity index (χ0n) is 40.4. The molecule has 0 aliphatic heterocycles. The molecule has 0 rings (SSSR count). The van der Waals surface area contributed by atoms with Crippen LogP contribution in [0.2, 0.25) is 0 Å². The van der Waals surface area contributed by atoms with Crippen LogP contribution in [-0.4, -0.2) is 84.6 Å². The highest BCUT2D eigenvalue weighted by Crippen LogP contribution is 2.43. The van der Waals surface area contributed by atoms with E-state index in [-0.39, 0.29) is 18.9 Å². The maximum atomic E-state index is 12.9. The Labute approximate surface area is 385 Å². The number of likely N-dealkylation sites (N-methyl/N-ethyl adjacent to an activating group) is 1. The number of carbonyl (C=O) groups is 1. The molecular formula is C53H92N2O7P+. The van der Waals surface area contributed by atoms with Gasteiger partial charge in [-0.15, -0.1) is 0 Å². The van der Waals surface area contributed by atoms with Crippen LogP contribution in [0.4, 0.5) is 0 Å². The predicted octanol–water partition coefficient (Wildman–Crippen LogP) is 13.1. The molecule has 0 aromatic rings. The van der Waals surface area contributed by atoms with E-state index >= 15 is 0 Å². The van der Waals surface area contributed by atoms with Crippen molar-refractivity contribution in [2.45, 2.75) is 180 Å². The number of aliphatic hydroxyl groups is 2. The lowest BCUT2D eigenvalue weighted by atomic mass is 10.0. The van der Waals surface area contributed by atoms with E-state index in [4.69, 9.17) is 9.05 Å². The van der Waals surface area contributed by atoms with Crippen molar-refractivity contribution in [1.82, 2.24) is 5.32 Å². The minimum Gasteiger partial charge on any atom is -0.390 e. The first-order valence-electron chi connectivity index (χ1n) is 24.3. The van der Waals surface area contributed by atoms with Gasteiger partial charge in [0.2, 0.25) is 5.91 Å². The van der Waals surface area contributed by atoms with Crippen molar-refractivity contribution in [3.8, 4) is 0 Å². The van der Waals surface area contributed by atoms with E-state index in [2.05, 4.69) is 129 Å². The zero-order chi connectivity index (χ0) is 46.5. The molecule has 0 saturated heterocycles. The molecule has 0 aromatic carbocycles. The molecule has 0 aliphatic carbocycles. The summed E-state index contributed by atoms with van der Waals surface area (Å²) in [7, 11) is 1.37. The highest BCUT2D eigenvalue weighted by Gasteiger charge is 2.31. The van der Waals surface area contributed by atoms with Gasteiger partial charge in [-0.05, 0) is 103 Å². The van der Waals surface area contributed by atoms with Gasteiger partial charge in [0, 0.05) is 6.42 Å². The van der Waals surface area contributed by atoms with Crippen LogP contribution in [0.25, 0.3) is 0 Å². The number of amides is 1. The first-order valence-corrected chi connectivity index (χ1v) is 25.8. The average Bonchev–Trinajstić information content (AvgIpc) is 3.24. The normalized spacial score (nSPS) is 15.6. The molecule has 4 unspecified atom stereocenters. The number of quaternary nitrogens is 1. The molecule has 0 aromatic heterocycles. The fraction of sp³-hybridized carbons (Fsp3) is 0.642. The number of aliphatic hydroxyl groups excluding tert-OH is 2. The lowest BCUT2D eigenvalue weighted by Crippen LogP contribution is -2.51. The highest BCUT2D eigenvalue weighted by atomic mass is 31.2. The topological polar surface area (TPSA) is 125 Å². The first kappa shape index (κ1) is 60.1. The summed E-state index contributed by atoms with van der Waals surface area (Å²) in [5.74, 6) is -0.316. The van der Waals surface area contributed by atoms with Gasteiger partial charge in [0.1, 0.15) is 19.3 Å². The number of carbonyl (C=O) groups excluding carboxylic acids is 1. The number of unbranched alkanes of at least 4 members (excludes halogenated alkanes) is 10. The van der Waals surface area contributed by atoms with E-state index < -0.39 is 32.7 Å². The van der Waals surface area contributed by atoms with Crippen LogP contribution in [0.3, 0.4) is 0 Å².